The van der Waals surface area contributed by atoms with Crippen LogP contribution in [0.25, 0.3) is 0 Å². The molecule has 2 aromatic rings. The molecule has 0 N–H and O–H groups in total. The second-order valence-corrected chi connectivity index (χ2v) is 7.37. The molecule has 2 aromatic carbocycles. The molecule has 1 saturated heterocycles. The molecular formula is C22H21NO4. The van der Waals surface area contributed by atoms with Crippen molar-refractivity contribution in [3.05, 3.63) is 60.2 Å². The van der Waals surface area contributed by atoms with Crippen LogP contribution in [0, 0.1) is 17.8 Å². The summed E-state index contributed by atoms with van der Waals surface area (Å²) in [4.78, 5) is 39.5. The minimum atomic E-state index is -0.520. The molecule has 1 aliphatic carbocycles. The summed E-state index contributed by atoms with van der Waals surface area (Å²) in [6.07, 6.45) is 2.43. The van der Waals surface area contributed by atoms with Crippen LogP contribution in [0.2, 0.25) is 0 Å². The summed E-state index contributed by atoms with van der Waals surface area (Å²) in [5, 5.41) is 0. The number of benzene rings is 2. The van der Waals surface area contributed by atoms with E-state index in [-0.39, 0.29) is 29.4 Å². The predicted molar refractivity (Wildman–Crippen MR) is 100 cm³/mol. The second-order valence-electron chi connectivity index (χ2n) is 7.37. The van der Waals surface area contributed by atoms with Gasteiger partial charge in [0.25, 0.3) is 0 Å². The number of hydrogen-bond donors (Lipinski definition) is 0. The molecule has 138 valence electrons. The van der Waals surface area contributed by atoms with Crippen molar-refractivity contribution in [1.82, 2.24) is 0 Å². The van der Waals surface area contributed by atoms with Gasteiger partial charge in [-0.25, -0.2) is 9.69 Å². The van der Waals surface area contributed by atoms with E-state index in [1.807, 2.05) is 6.07 Å². The number of imide groups is 1. The van der Waals surface area contributed by atoms with Gasteiger partial charge in [0.2, 0.25) is 11.8 Å². The molecule has 27 heavy (non-hydrogen) atoms. The van der Waals surface area contributed by atoms with Crippen LogP contribution in [-0.4, -0.2) is 17.8 Å². The Labute approximate surface area is 157 Å². The highest BCUT2D eigenvalue weighted by molar-refractivity contribution is 6.22. The number of fused-ring (bicyclic) bond motifs is 1. The second kappa shape index (κ2) is 6.99. The molecule has 2 amide bonds. The van der Waals surface area contributed by atoms with Gasteiger partial charge in [-0.15, -0.1) is 0 Å². The quantitative estimate of drug-likeness (QED) is 0.472. The summed E-state index contributed by atoms with van der Waals surface area (Å²) < 4.78 is 5.53. The highest BCUT2D eigenvalue weighted by Crippen LogP contribution is 2.44. The van der Waals surface area contributed by atoms with E-state index in [4.69, 9.17) is 4.74 Å². The van der Waals surface area contributed by atoms with Gasteiger partial charge in [-0.1, -0.05) is 37.3 Å². The average molecular weight is 363 g/mol. The van der Waals surface area contributed by atoms with E-state index < -0.39 is 5.97 Å². The Kier molecular flexibility index (Phi) is 4.52. The number of anilines is 1. The Morgan fingerprint density at radius 3 is 2.37 bits per heavy atom. The lowest BCUT2D eigenvalue weighted by Crippen LogP contribution is -2.31. The van der Waals surface area contributed by atoms with Gasteiger partial charge in [-0.2, -0.15) is 0 Å². The van der Waals surface area contributed by atoms with Crippen LogP contribution in [-0.2, 0) is 9.59 Å². The Bertz CT molecular complexity index is 892. The van der Waals surface area contributed by atoms with Crippen molar-refractivity contribution >= 4 is 23.5 Å². The van der Waals surface area contributed by atoms with E-state index in [0.29, 0.717) is 17.2 Å². The van der Waals surface area contributed by atoms with Crippen LogP contribution in [0.15, 0.2) is 54.6 Å². The molecular weight excluding hydrogens is 342 g/mol. The fourth-order valence-corrected chi connectivity index (χ4v) is 4.09. The van der Waals surface area contributed by atoms with Gasteiger partial charge >= 0.3 is 5.97 Å². The zero-order valence-corrected chi connectivity index (χ0v) is 15.1. The van der Waals surface area contributed by atoms with Crippen molar-refractivity contribution < 1.29 is 19.1 Å². The topological polar surface area (TPSA) is 63.7 Å². The third kappa shape index (κ3) is 3.14. The standard InChI is InChI=1S/C22H21NO4/c1-14-11-12-16-17(13-14)21(25)23(20(16)24)18-9-5-6-10-19(18)27-22(26)15-7-3-2-4-8-15/h2-10,14,16-17H,11-13H2,1H3/t14-,16+,17+/m1/s1. The number of nitrogens with zero attached hydrogens (tertiary/aromatic N) is 1. The lowest BCUT2D eigenvalue weighted by Gasteiger charge is -2.25. The fourth-order valence-electron chi connectivity index (χ4n) is 4.09. The van der Waals surface area contributed by atoms with Crippen LogP contribution in [0.3, 0.4) is 0 Å². The summed E-state index contributed by atoms with van der Waals surface area (Å²) in [7, 11) is 0. The summed E-state index contributed by atoms with van der Waals surface area (Å²) in [6, 6.07) is 15.4. The van der Waals surface area contributed by atoms with Crippen LogP contribution in [0.4, 0.5) is 5.69 Å². The van der Waals surface area contributed by atoms with Crippen LogP contribution in [0.1, 0.15) is 36.5 Å². The van der Waals surface area contributed by atoms with E-state index in [1.54, 1.807) is 48.5 Å². The van der Waals surface area contributed by atoms with Gasteiger partial charge in [0, 0.05) is 0 Å². The number of hydrogen-bond acceptors (Lipinski definition) is 4. The van der Waals surface area contributed by atoms with E-state index >= 15 is 0 Å². The van der Waals surface area contributed by atoms with E-state index in [9.17, 15) is 14.4 Å². The number of para-hydroxylation sites is 2. The zero-order chi connectivity index (χ0) is 19.0. The predicted octanol–water partition coefficient (Wildman–Crippen LogP) is 3.83. The molecule has 0 aromatic heterocycles. The highest BCUT2D eigenvalue weighted by Gasteiger charge is 2.50. The van der Waals surface area contributed by atoms with Crippen molar-refractivity contribution in [2.75, 3.05) is 4.90 Å². The number of carbonyl (C=O) groups is 3. The number of esters is 1. The maximum Gasteiger partial charge on any atom is 0.343 e. The van der Waals surface area contributed by atoms with Crippen molar-refractivity contribution in [3.63, 3.8) is 0 Å². The smallest absolute Gasteiger partial charge is 0.343 e. The third-order valence-corrected chi connectivity index (χ3v) is 5.51. The van der Waals surface area contributed by atoms with Gasteiger partial charge < -0.3 is 4.74 Å². The van der Waals surface area contributed by atoms with Crippen molar-refractivity contribution in [2.24, 2.45) is 17.8 Å². The lowest BCUT2D eigenvalue weighted by atomic mass is 9.76. The fraction of sp³-hybridized carbons (Fsp3) is 0.318. The Morgan fingerprint density at radius 2 is 1.59 bits per heavy atom. The zero-order valence-electron chi connectivity index (χ0n) is 15.1. The van der Waals surface area contributed by atoms with Gasteiger partial charge in [-0.3, -0.25) is 9.59 Å². The molecule has 1 aliphatic heterocycles. The maximum atomic E-state index is 13.0. The number of carbonyl (C=O) groups excluding carboxylic acids is 3. The van der Waals surface area contributed by atoms with Crippen molar-refractivity contribution in [3.8, 4) is 5.75 Å². The van der Waals surface area contributed by atoms with Crippen LogP contribution >= 0.6 is 0 Å². The molecule has 0 bridgehead atoms. The first-order valence-corrected chi connectivity index (χ1v) is 9.30. The molecule has 5 nitrogen and oxygen atoms in total. The SMILES string of the molecule is C[C@@H]1CC[C@@H]2C(=O)N(c3ccccc3OC(=O)c3ccccc3)C(=O)[C@H]2C1. The third-order valence-electron chi connectivity index (χ3n) is 5.51. The first-order valence-electron chi connectivity index (χ1n) is 9.30. The molecule has 4 rings (SSSR count). The van der Waals surface area contributed by atoms with Gasteiger partial charge in [-0.05, 0) is 49.4 Å². The molecule has 2 aliphatic rings. The largest absolute Gasteiger partial charge is 0.421 e. The molecule has 3 atom stereocenters. The molecule has 1 heterocycles. The normalized spacial score (nSPS) is 24.6. The van der Waals surface area contributed by atoms with Gasteiger partial charge in [0.05, 0.1) is 23.1 Å². The number of ether oxygens (including phenoxy) is 1. The van der Waals surface area contributed by atoms with E-state index in [0.717, 1.165) is 19.3 Å². The number of amides is 2. The van der Waals surface area contributed by atoms with Crippen LogP contribution in [0.5, 0.6) is 5.75 Å². The molecule has 1 saturated carbocycles. The number of rotatable bonds is 3. The van der Waals surface area contributed by atoms with E-state index in [1.165, 1.54) is 4.90 Å². The van der Waals surface area contributed by atoms with Gasteiger partial charge in [0.15, 0.2) is 5.75 Å². The maximum absolute atomic E-state index is 13.0. The molecule has 0 unspecified atom stereocenters. The van der Waals surface area contributed by atoms with Gasteiger partial charge in [0.1, 0.15) is 0 Å². The molecule has 0 radical (unpaired) electrons. The monoisotopic (exact) mass is 363 g/mol. The van der Waals surface area contributed by atoms with E-state index in [2.05, 4.69) is 6.92 Å². The Morgan fingerprint density at radius 1 is 0.926 bits per heavy atom. The summed E-state index contributed by atoms with van der Waals surface area (Å²) in [5.74, 6) is -0.743. The average Bonchev–Trinajstić information content (AvgIpc) is 2.93. The molecule has 0 spiro atoms. The first kappa shape index (κ1) is 17.5. The summed E-state index contributed by atoms with van der Waals surface area (Å²) in [6.45, 7) is 2.12. The Hall–Kier alpha value is -2.95. The molecule has 2 fully saturated rings. The first-order chi connectivity index (χ1) is 13.1. The Balaban J connectivity index is 1.64. The lowest BCUT2D eigenvalue weighted by molar-refractivity contribution is -0.122. The van der Waals surface area contributed by atoms with Crippen LogP contribution < -0.4 is 9.64 Å². The van der Waals surface area contributed by atoms with Crippen molar-refractivity contribution in [1.29, 1.82) is 0 Å². The van der Waals surface area contributed by atoms with Crippen molar-refractivity contribution in [2.45, 2.75) is 26.2 Å². The summed E-state index contributed by atoms with van der Waals surface area (Å²) in [5.41, 5.74) is 0.757. The highest BCUT2D eigenvalue weighted by atomic mass is 16.5. The minimum Gasteiger partial charge on any atom is -0.421 e. The minimum absolute atomic E-state index is 0.180. The molecule has 5 heteroatoms. The summed E-state index contributed by atoms with van der Waals surface area (Å²) >= 11 is 0.